The Kier molecular flexibility index (Phi) is 5.45. The summed E-state index contributed by atoms with van der Waals surface area (Å²) in [5.41, 5.74) is 9.61. The van der Waals surface area contributed by atoms with Crippen LogP contribution >= 0.6 is 0 Å². The maximum absolute atomic E-state index is 6.41. The van der Waals surface area contributed by atoms with Crippen molar-refractivity contribution in [2.75, 3.05) is 5.43 Å². The van der Waals surface area contributed by atoms with Gasteiger partial charge in [0, 0.05) is 22.4 Å². The predicted octanol–water partition coefficient (Wildman–Crippen LogP) is 7.49. The quantitative estimate of drug-likeness (QED) is 0.292. The van der Waals surface area contributed by atoms with E-state index in [0.29, 0.717) is 5.82 Å². The average molecular weight is 448 g/mol. The van der Waals surface area contributed by atoms with E-state index in [0.717, 1.165) is 44.1 Å². The molecule has 0 unspecified atom stereocenters. The van der Waals surface area contributed by atoms with Crippen molar-refractivity contribution >= 4 is 27.7 Å². The van der Waals surface area contributed by atoms with E-state index in [4.69, 9.17) is 14.5 Å². The van der Waals surface area contributed by atoms with Crippen LogP contribution in [-0.4, -0.2) is 4.98 Å². The molecule has 0 aliphatic carbocycles. The number of aryl methyl sites for hydroxylation is 2. The molecule has 2 aromatic heterocycles. The molecule has 0 aliphatic heterocycles. The lowest BCUT2D eigenvalue weighted by atomic mass is 9.86. The zero-order chi connectivity index (χ0) is 23.9. The van der Waals surface area contributed by atoms with Gasteiger partial charge in [0.05, 0.1) is 10.9 Å². The Labute approximate surface area is 200 Å². The van der Waals surface area contributed by atoms with E-state index in [1.807, 2.05) is 30.3 Å². The standard InChI is InChI=1S/C30H29N3O/c1-19-16-20(2)29-24(17-19)26(32-33-28-15-12-21-8-6-7-9-25(21)31-28)18-27(34-29)22-10-13-23(14-11-22)30(3,4)5/h6-18H,1-5H3,(H,31,33). The fourth-order valence-electron chi connectivity index (χ4n) is 4.24. The minimum absolute atomic E-state index is 0.102. The van der Waals surface area contributed by atoms with Crippen LogP contribution in [0.15, 0.2) is 88.4 Å². The Morgan fingerprint density at radius 3 is 2.38 bits per heavy atom. The summed E-state index contributed by atoms with van der Waals surface area (Å²) in [7, 11) is 0. The van der Waals surface area contributed by atoms with E-state index in [1.54, 1.807) is 0 Å². The number of hydrogen-bond acceptors (Lipinski definition) is 4. The van der Waals surface area contributed by atoms with Gasteiger partial charge < -0.3 is 4.42 Å². The molecule has 4 nitrogen and oxygen atoms in total. The molecule has 1 N–H and O–H groups in total. The number of aromatic nitrogens is 1. The molecule has 170 valence electrons. The molecular weight excluding hydrogens is 418 g/mol. The second-order valence-electron chi connectivity index (χ2n) is 9.89. The topological polar surface area (TPSA) is 50.4 Å². The molecule has 5 aromatic rings. The summed E-state index contributed by atoms with van der Waals surface area (Å²) in [6.45, 7) is 10.8. The molecule has 0 saturated carbocycles. The summed E-state index contributed by atoms with van der Waals surface area (Å²) < 4.78 is 6.41. The Balaban J connectivity index is 1.63. The highest BCUT2D eigenvalue weighted by Gasteiger charge is 2.14. The van der Waals surface area contributed by atoms with Crippen molar-refractivity contribution < 1.29 is 4.42 Å². The first-order chi connectivity index (χ1) is 16.3. The number of fused-ring (bicyclic) bond motifs is 2. The van der Waals surface area contributed by atoms with Gasteiger partial charge >= 0.3 is 0 Å². The SMILES string of the molecule is Cc1cc(C)c2oc(-c3ccc(C(C)(C)C)cc3)cc(=NNc3ccc4ccccc4n3)c2c1. The maximum Gasteiger partial charge on any atom is 0.146 e. The third-order valence-electron chi connectivity index (χ3n) is 6.10. The lowest BCUT2D eigenvalue weighted by Crippen LogP contribution is -2.11. The second-order valence-corrected chi connectivity index (χ2v) is 9.89. The van der Waals surface area contributed by atoms with Crippen molar-refractivity contribution in [1.29, 1.82) is 0 Å². The van der Waals surface area contributed by atoms with Crippen LogP contribution in [0.4, 0.5) is 5.82 Å². The van der Waals surface area contributed by atoms with Crippen LogP contribution in [0.1, 0.15) is 37.5 Å². The van der Waals surface area contributed by atoms with Gasteiger partial charge in [0.1, 0.15) is 17.2 Å². The average Bonchev–Trinajstić information content (AvgIpc) is 2.82. The summed E-state index contributed by atoms with van der Waals surface area (Å²) in [4.78, 5) is 4.69. The van der Waals surface area contributed by atoms with Crippen molar-refractivity contribution in [1.82, 2.24) is 4.98 Å². The Morgan fingerprint density at radius 2 is 1.62 bits per heavy atom. The van der Waals surface area contributed by atoms with Gasteiger partial charge in [0.25, 0.3) is 0 Å². The Bertz CT molecular complexity index is 1570. The molecule has 5 rings (SSSR count). The fourth-order valence-corrected chi connectivity index (χ4v) is 4.24. The van der Waals surface area contributed by atoms with Crippen LogP contribution in [0.25, 0.3) is 33.2 Å². The van der Waals surface area contributed by atoms with Crippen LogP contribution in [0.2, 0.25) is 0 Å². The number of nitrogens with zero attached hydrogens (tertiary/aromatic N) is 2. The van der Waals surface area contributed by atoms with E-state index in [1.165, 1.54) is 11.1 Å². The van der Waals surface area contributed by atoms with Crippen molar-refractivity contribution in [3.8, 4) is 11.3 Å². The normalized spacial score (nSPS) is 12.4. The molecule has 0 radical (unpaired) electrons. The van der Waals surface area contributed by atoms with Crippen LogP contribution in [-0.2, 0) is 5.41 Å². The first-order valence-electron chi connectivity index (χ1n) is 11.6. The molecule has 0 saturated heterocycles. The Hall–Kier alpha value is -3.92. The van der Waals surface area contributed by atoms with E-state index >= 15 is 0 Å². The van der Waals surface area contributed by atoms with Gasteiger partial charge in [-0.05, 0) is 60.2 Å². The fraction of sp³-hybridized carbons (Fsp3) is 0.200. The van der Waals surface area contributed by atoms with Gasteiger partial charge in [-0.2, -0.15) is 5.10 Å². The Morgan fingerprint density at radius 1 is 0.853 bits per heavy atom. The van der Waals surface area contributed by atoms with Crippen LogP contribution < -0.4 is 10.8 Å². The summed E-state index contributed by atoms with van der Waals surface area (Å²) in [6, 6.07) is 26.9. The number of hydrogen-bond donors (Lipinski definition) is 1. The van der Waals surface area contributed by atoms with Gasteiger partial charge in [-0.25, -0.2) is 4.98 Å². The van der Waals surface area contributed by atoms with E-state index in [9.17, 15) is 0 Å². The van der Waals surface area contributed by atoms with Crippen molar-refractivity contribution in [3.05, 3.63) is 101 Å². The number of para-hydroxylation sites is 1. The van der Waals surface area contributed by atoms with Crippen molar-refractivity contribution in [2.24, 2.45) is 5.10 Å². The zero-order valence-corrected chi connectivity index (χ0v) is 20.3. The van der Waals surface area contributed by atoms with Crippen LogP contribution in [0.5, 0.6) is 0 Å². The third-order valence-corrected chi connectivity index (χ3v) is 6.10. The lowest BCUT2D eigenvalue weighted by Gasteiger charge is -2.19. The summed E-state index contributed by atoms with van der Waals surface area (Å²) in [5, 5.41) is 7.66. The number of pyridine rings is 1. The molecule has 0 bridgehead atoms. The van der Waals surface area contributed by atoms with Gasteiger partial charge in [-0.15, -0.1) is 0 Å². The number of nitrogens with one attached hydrogen (secondary N) is 1. The highest BCUT2D eigenvalue weighted by atomic mass is 16.3. The van der Waals surface area contributed by atoms with Crippen molar-refractivity contribution in [2.45, 2.75) is 40.0 Å². The molecule has 0 fully saturated rings. The van der Waals surface area contributed by atoms with Crippen LogP contribution in [0, 0.1) is 13.8 Å². The summed E-state index contributed by atoms with van der Waals surface area (Å²) >= 11 is 0. The molecule has 0 aliphatic rings. The highest BCUT2D eigenvalue weighted by molar-refractivity contribution is 5.82. The molecule has 4 heteroatoms. The van der Waals surface area contributed by atoms with Crippen molar-refractivity contribution in [3.63, 3.8) is 0 Å². The van der Waals surface area contributed by atoms with Crippen LogP contribution in [0.3, 0.4) is 0 Å². The lowest BCUT2D eigenvalue weighted by molar-refractivity contribution is 0.589. The van der Waals surface area contributed by atoms with E-state index < -0.39 is 0 Å². The zero-order valence-electron chi connectivity index (χ0n) is 20.3. The first kappa shape index (κ1) is 21.9. The minimum Gasteiger partial charge on any atom is -0.456 e. The molecule has 2 heterocycles. The van der Waals surface area contributed by atoms with Gasteiger partial charge in [0.2, 0.25) is 0 Å². The maximum atomic E-state index is 6.41. The summed E-state index contributed by atoms with van der Waals surface area (Å²) in [5.74, 6) is 1.49. The molecule has 3 aromatic carbocycles. The molecule has 0 atom stereocenters. The predicted molar refractivity (Wildman–Crippen MR) is 141 cm³/mol. The molecule has 0 amide bonds. The first-order valence-corrected chi connectivity index (χ1v) is 11.6. The van der Waals surface area contributed by atoms with E-state index in [-0.39, 0.29) is 5.41 Å². The van der Waals surface area contributed by atoms with Gasteiger partial charge in [-0.1, -0.05) is 69.3 Å². The highest BCUT2D eigenvalue weighted by Crippen LogP contribution is 2.28. The molecule has 0 spiro atoms. The summed E-state index contributed by atoms with van der Waals surface area (Å²) in [6.07, 6.45) is 0. The smallest absolute Gasteiger partial charge is 0.146 e. The molecule has 34 heavy (non-hydrogen) atoms. The van der Waals surface area contributed by atoms with Gasteiger partial charge in [-0.3, -0.25) is 5.43 Å². The minimum atomic E-state index is 0.102. The number of rotatable bonds is 3. The number of benzene rings is 3. The monoisotopic (exact) mass is 447 g/mol. The third kappa shape index (κ3) is 4.32. The largest absolute Gasteiger partial charge is 0.456 e. The molecular formula is C30H29N3O. The van der Waals surface area contributed by atoms with Gasteiger partial charge in [0.15, 0.2) is 0 Å². The van der Waals surface area contributed by atoms with E-state index in [2.05, 4.69) is 88.6 Å². The number of anilines is 1. The second kappa shape index (κ2) is 8.45.